The lowest BCUT2D eigenvalue weighted by Gasteiger charge is -2.08. The van der Waals surface area contributed by atoms with Gasteiger partial charge in [-0.05, 0) is 28.8 Å². The third-order valence-corrected chi connectivity index (χ3v) is 4.64. The fraction of sp³-hybridized carbons (Fsp3) is 0.533. The molecular weight excluding hydrogens is 457 g/mol. The average Bonchev–Trinajstić information content (AvgIpc) is 3.22. The maximum atomic E-state index is 13.1. The number of hydrogen-bond acceptors (Lipinski definition) is 4. The van der Waals surface area contributed by atoms with Crippen LogP contribution in [-0.2, 0) is 22.8 Å². The highest BCUT2D eigenvalue weighted by atomic mass is 79.9. The third-order valence-electron chi connectivity index (χ3n) is 3.83. The number of carbonyl (C=O) groups is 1. The summed E-state index contributed by atoms with van der Waals surface area (Å²) in [4.78, 5) is 12.2. The Balaban J connectivity index is 1.60. The summed E-state index contributed by atoms with van der Waals surface area (Å²) in [5, 5.41) is 10.1. The zero-order chi connectivity index (χ0) is 20.5. The van der Waals surface area contributed by atoms with Gasteiger partial charge < -0.3 is 10.1 Å². The van der Waals surface area contributed by atoms with E-state index in [2.05, 4.69) is 36.2 Å². The minimum Gasteiger partial charge on any atom is -0.350 e. The lowest BCUT2D eigenvalue weighted by atomic mass is 10.2. The van der Waals surface area contributed by atoms with E-state index in [1.54, 1.807) is 0 Å². The fourth-order valence-corrected chi connectivity index (χ4v) is 3.35. The van der Waals surface area contributed by atoms with Crippen molar-refractivity contribution >= 4 is 27.5 Å². The van der Waals surface area contributed by atoms with Crippen molar-refractivity contribution in [2.45, 2.75) is 44.6 Å². The molecule has 13 heteroatoms. The number of aromatic nitrogens is 4. The van der Waals surface area contributed by atoms with E-state index in [4.69, 9.17) is 0 Å². The van der Waals surface area contributed by atoms with E-state index in [1.165, 1.54) is 17.1 Å². The van der Waals surface area contributed by atoms with Gasteiger partial charge in [0.2, 0.25) is 5.91 Å². The quantitative estimate of drug-likeness (QED) is 0.593. The smallest absolute Gasteiger partial charge is 0.350 e. The molecule has 1 N–H and O–H groups in total. The van der Waals surface area contributed by atoms with Gasteiger partial charge in [-0.15, -0.1) is 0 Å². The van der Waals surface area contributed by atoms with Crippen molar-refractivity contribution in [3.63, 3.8) is 0 Å². The van der Waals surface area contributed by atoms with Crippen LogP contribution in [0.5, 0.6) is 0 Å². The number of halogens is 6. The Bertz CT molecular complexity index is 846. The molecule has 1 aliphatic carbocycles. The minimum absolute atomic E-state index is 0.0794. The van der Waals surface area contributed by atoms with Crippen molar-refractivity contribution in [1.82, 2.24) is 19.6 Å². The number of amides is 1. The van der Waals surface area contributed by atoms with Gasteiger partial charge in [0, 0.05) is 5.92 Å². The Hall–Kier alpha value is -2.02. The molecule has 0 aliphatic heterocycles. The first-order chi connectivity index (χ1) is 13.1. The van der Waals surface area contributed by atoms with Crippen molar-refractivity contribution < 1.29 is 31.5 Å². The Labute approximate surface area is 164 Å². The van der Waals surface area contributed by atoms with Crippen LogP contribution in [0.2, 0.25) is 0 Å². The van der Waals surface area contributed by atoms with Crippen LogP contribution in [0.4, 0.5) is 27.6 Å². The van der Waals surface area contributed by atoms with E-state index in [1.807, 2.05) is 0 Å². The lowest BCUT2D eigenvalue weighted by molar-refractivity contribution is -0.182. The van der Waals surface area contributed by atoms with E-state index in [0.717, 1.165) is 17.5 Å². The molecule has 1 amide bonds. The molecule has 1 saturated carbocycles. The van der Waals surface area contributed by atoms with E-state index in [-0.39, 0.29) is 22.6 Å². The van der Waals surface area contributed by atoms with E-state index < -0.39 is 37.5 Å². The highest BCUT2D eigenvalue weighted by molar-refractivity contribution is 9.10. The van der Waals surface area contributed by atoms with Crippen LogP contribution < -0.4 is 5.32 Å². The maximum Gasteiger partial charge on any atom is 0.411 e. The van der Waals surface area contributed by atoms with Crippen molar-refractivity contribution in [3.05, 3.63) is 28.3 Å². The van der Waals surface area contributed by atoms with Gasteiger partial charge in [-0.25, -0.2) is 13.5 Å². The summed E-state index contributed by atoms with van der Waals surface area (Å²) < 4.78 is 69.3. The standard InChI is InChI=1S/C15H15BrF5N5O2/c16-11-12(14(17)18)24-26(13(11)8-1-2-8)5-10(27)23-9-3-22-25(4-9)7-28-6-15(19,20)21/h3-4,8,14H,1-2,5-7H2,(H,23,27). The molecule has 0 spiro atoms. The van der Waals surface area contributed by atoms with Crippen LogP contribution in [0.3, 0.4) is 0 Å². The Kier molecular flexibility index (Phi) is 6.03. The summed E-state index contributed by atoms with van der Waals surface area (Å²) in [5.41, 5.74) is 0.375. The molecule has 0 atom stereocenters. The lowest BCUT2D eigenvalue weighted by Crippen LogP contribution is -2.21. The molecule has 0 saturated heterocycles. The van der Waals surface area contributed by atoms with Gasteiger partial charge in [-0.2, -0.15) is 23.4 Å². The molecular formula is C15H15BrF5N5O2. The zero-order valence-electron chi connectivity index (χ0n) is 14.2. The molecule has 0 unspecified atom stereocenters. The molecule has 2 heterocycles. The fourth-order valence-electron chi connectivity index (χ4n) is 2.57. The van der Waals surface area contributed by atoms with Gasteiger partial charge in [0.15, 0.2) is 0 Å². The third kappa shape index (κ3) is 5.28. The summed E-state index contributed by atoms with van der Waals surface area (Å²) in [6.07, 6.45) is -3.03. The second-order valence-corrected chi connectivity index (χ2v) is 7.02. The number of rotatable bonds is 8. The molecule has 0 aromatic carbocycles. The largest absolute Gasteiger partial charge is 0.411 e. The molecule has 1 aliphatic rings. The van der Waals surface area contributed by atoms with Crippen LogP contribution in [0.15, 0.2) is 16.9 Å². The van der Waals surface area contributed by atoms with Crippen molar-refractivity contribution in [2.75, 3.05) is 11.9 Å². The van der Waals surface area contributed by atoms with Crippen LogP contribution in [0, 0.1) is 0 Å². The maximum absolute atomic E-state index is 13.1. The average molecular weight is 472 g/mol. The zero-order valence-corrected chi connectivity index (χ0v) is 15.8. The second-order valence-electron chi connectivity index (χ2n) is 6.23. The van der Waals surface area contributed by atoms with E-state index >= 15 is 0 Å². The molecule has 3 rings (SSSR count). The monoisotopic (exact) mass is 471 g/mol. The Morgan fingerprint density at radius 1 is 1.39 bits per heavy atom. The Morgan fingerprint density at radius 3 is 2.71 bits per heavy atom. The van der Waals surface area contributed by atoms with Gasteiger partial charge in [0.05, 0.1) is 28.2 Å². The summed E-state index contributed by atoms with van der Waals surface area (Å²) in [5.74, 6) is -0.454. The summed E-state index contributed by atoms with van der Waals surface area (Å²) in [7, 11) is 0. The number of nitrogens with zero attached hydrogens (tertiary/aromatic N) is 4. The first-order valence-electron chi connectivity index (χ1n) is 8.15. The van der Waals surface area contributed by atoms with Crippen molar-refractivity contribution in [2.24, 2.45) is 0 Å². The van der Waals surface area contributed by atoms with E-state index in [0.29, 0.717) is 5.69 Å². The first kappa shape index (κ1) is 20.7. The molecule has 2 aromatic heterocycles. The number of hydrogen-bond donors (Lipinski definition) is 1. The number of alkyl halides is 5. The molecule has 28 heavy (non-hydrogen) atoms. The van der Waals surface area contributed by atoms with Crippen molar-refractivity contribution in [3.8, 4) is 0 Å². The highest BCUT2D eigenvalue weighted by Gasteiger charge is 2.34. The topological polar surface area (TPSA) is 74.0 Å². The van der Waals surface area contributed by atoms with Gasteiger partial charge in [0.25, 0.3) is 6.43 Å². The normalized spacial score (nSPS) is 14.7. The molecule has 1 fully saturated rings. The molecule has 154 valence electrons. The Morgan fingerprint density at radius 2 is 2.11 bits per heavy atom. The van der Waals surface area contributed by atoms with Gasteiger partial charge in [-0.1, -0.05) is 0 Å². The van der Waals surface area contributed by atoms with E-state index in [9.17, 15) is 26.7 Å². The van der Waals surface area contributed by atoms with Crippen LogP contribution in [0.25, 0.3) is 0 Å². The molecule has 0 bridgehead atoms. The van der Waals surface area contributed by atoms with Gasteiger partial charge >= 0.3 is 6.18 Å². The predicted octanol–water partition coefficient (Wildman–Crippen LogP) is 3.83. The SMILES string of the molecule is O=C(Cn1nc(C(F)F)c(Br)c1C1CC1)Nc1cnn(COCC(F)(F)F)c1. The number of anilines is 1. The van der Waals surface area contributed by atoms with Crippen LogP contribution >= 0.6 is 15.9 Å². The molecule has 0 radical (unpaired) electrons. The summed E-state index contributed by atoms with van der Waals surface area (Å²) in [6, 6.07) is 0. The highest BCUT2D eigenvalue weighted by Crippen LogP contribution is 2.45. The van der Waals surface area contributed by atoms with Crippen LogP contribution in [0.1, 0.15) is 36.6 Å². The molecule has 7 nitrogen and oxygen atoms in total. The molecule has 2 aromatic rings. The number of ether oxygens (including phenoxy) is 1. The first-order valence-corrected chi connectivity index (χ1v) is 8.94. The van der Waals surface area contributed by atoms with Crippen molar-refractivity contribution in [1.29, 1.82) is 0 Å². The van der Waals surface area contributed by atoms with Gasteiger partial charge in [-0.3, -0.25) is 9.48 Å². The van der Waals surface area contributed by atoms with Crippen LogP contribution in [-0.4, -0.2) is 38.3 Å². The summed E-state index contributed by atoms with van der Waals surface area (Å²) >= 11 is 3.14. The van der Waals surface area contributed by atoms with Gasteiger partial charge in [0.1, 0.15) is 25.6 Å². The summed E-state index contributed by atoms with van der Waals surface area (Å²) in [6.45, 7) is -2.14. The predicted molar refractivity (Wildman–Crippen MR) is 89.7 cm³/mol. The second kappa shape index (κ2) is 8.15. The number of carbonyl (C=O) groups excluding carboxylic acids is 1. The number of nitrogens with one attached hydrogen (secondary N) is 1. The minimum atomic E-state index is -4.45.